The maximum atomic E-state index is 12.9. The zero-order valence-electron chi connectivity index (χ0n) is 32.0. The molecule has 1 saturated heterocycles. The van der Waals surface area contributed by atoms with E-state index in [-0.39, 0.29) is 6.42 Å². The van der Waals surface area contributed by atoms with Crippen molar-refractivity contribution in [1.82, 2.24) is 5.32 Å². The summed E-state index contributed by atoms with van der Waals surface area (Å²) in [6.45, 7) is 3.05. The molecule has 0 aliphatic carbocycles. The minimum atomic E-state index is -5.09. The number of hydrogen-bond acceptors (Lipinski definition) is 11. The Hall–Kier alpha value is -1.20. The lowest BCUT2D eigenvalue weighted by Crippen LogP contribution is -2.61. The van der Waals surface area contributed by atoms with Crippen LogP contribution < -0.4 is 5.32 Å². The van der Waals surface area contributed by atoms with Crippen molar-refractivity contribution < 1.29 is 57.0 Å². The van der Waals surface area contributed by atoms with Gasteiger partial charge in [-0.3, -0.25) is 9.35 Å². The van der Waals surface area contributed by atoms with Crippen LogP contribution in [0, 0.1) is 0 Å². The summed E-state index contributed by atoms with van der Waals surface area (Å²) >= 11 is 0. The van der Waals surface area contributed by atoms with E-state index >= 15 is 0 Å². The van der Waals surface area contributed by atoms with E-state index in [4.69, 9.17) is 14.0 Å². The molecular formula is C38H73NO12S. The van der Waals surface area contributed by atoms with Gasteiger partial charge in [-0.1, -0.05) is 135 Å². The van der Waals surface area contributed by atoms with E-state index in [1.54, 1.807) is 0 Å². The van der Waals surface area contributed by atoms with E-state index in [2.05, 4.69) is 28.6 Å². The zero-order chi connectivity index (χ0) is 38.6. The third kappa shape index (κ3) is 22.9. The number of aliphatic hydroxyl groups excluding tert-OH is 5. The molecule has 1 rings (SSSR count). The molecule has 0 aromatic heterocycles. The number of allylic oxidation sites excluding steroid dienone is 2. The van der Waals surface area contributed by atoms with Crippen LogP contribution in [0.4, 0.5) is 0 Å². The van der Waals surface area contributed by atoms with Crippen LogP contribution in [0.25, 0.3) is 0 Å². The van der Waals surface area contributed by atoms with E-state index in [0.29, 0.717) is 19.3 Å². The van der Waals surface area contributed by atoms with E-state index in [1.165, 1.54) is 70.6 Å². The van der Waals surface area contributed by atoms with Crippen LogP contribution in [0.5, 0.6) is 0 Å². The highest BCUT2D eigenvalue weighted by atomic mass is 32.3. The van der Waals surface area contributed by atoms with Crippen molar-refractivity contribution in [3.05, 3.63) is 12.2 Å². The quantitative estimate of drug-likeness (QED) is 0.0254. The van der Waals surface area contributed by atoms with Crippen LogP contribution in [-0.2, 0) is 28.9 Å². The molecule has 8 unspecified atom stereocenters. The Bertz CT molecular complexity index is 1020. The monoisotopic (exact) mass is 767 g/mol. The Morgan fingerprint density at radius 2 is 1.23 bits per heavy atom. The van der Waals surface area contributed by atoms with Gasteiger partial charge in [0.15, 0.2) is 6.29 Å². The molecule has 0 aromatic rings. The number of nitrogens with one attached hydrogen (secondary N) is 1. The van der Waals surface area contributed by atoms with Crippen molar-refractivity contribution >= 4 is 16.3 Å². The zero-order valence-corrected chi connectivity index (χ0v) is 32.8. The second-order valence-corrected chi connectivity index (χ2v) is 15.4. The van der Waals surface area contributed by atoms with E-state index in [0.717, 1.165) is 51.4 Å². The fraction of sp³-hybridized carbons (Fsp3) is 0.921. The summed E-state index contributed by atoms with van der Waals surface area (Å²) in [6, 6.07) is -1.03. The molecule has 1 aliphatic heterocycles. The molecule has 14 heteroatoms. The number of hydrogen-bond donors (Lipinski definition) is 7. The highest BCUT2D eigenvalue weighted by Crippen LogP contribution is 2.26. The van der Waals surface area contributed by atoms with Crippen LogP contribution in [0.3, 0.4) is 0 Å². The normalized spacial score (nSPS) is 22.8. The summed E-state index contributed by atoms with van der Waals surface area (Å²) in [4.78, 5) is 12.9. The fourth-order valence-corrected chi connectivity index (χ4v) is 6.91. The van der Waals surface area contributed by atoms with Crippen LogP contribution >= 0.6 is 0 Å². The Morgan fingerprint density at radius 1 is 0.750 bits per heavy atom. The van der Waals surface area contributed by atoms with Crippen molar-refractivity contribution in [2.45, 2.75) is 210 Å². The topological polar surface area (TPSA) is 212 Å². The first-order chi connectivity index (χ1) is 24.9. The smallest absolute Gasteiger partial charge is 0.394 e. The predicted molar refractivity (Wildman–Crippen MR) is 201 cm³/mol. The first-order valence-electron chi connectivity index (χ1n) is 20.2. The van der Waals surface area contributed by atoms with Gasteiger partial charge in [0.05, 0.1) is 25.4 Å². The van der Waals surface area contributed by atoms with Crippen LogP contribution in [-0.4, -0.2) is 107 Å². The summed E-state index contributed by atoms with van der Waals surface area (Å²) in [5.41, 5.74) is 0. The van der Waals surface area contributed by atoms with Crippen molar-refractivity contribution in [2.24, 2.45) is 0 Å². The summed E-state index contributed by atoms with van der Waals surface area (Å²) < 4.78 is 47.0. The first-order valence-corrected chi connectivity index (χ1v) is 21.5. The van der Waals surface area contributed by atoms with Gasteiger partial charge in [0.1, 0.15) is 30.5 Å². The summed E-state index contributed by atoms with van der Waals surface area (Å²) in [5.74, 6) is -0.686. The number of rotatable bonds is 33. The molecule has 0 radical (unpaired) electrons. The lowest BCUT2D eigenvalue weighted by molar-refractivity contribution is -0.298. The molecule has 308 valence electrons. The fourth-order valence-electron chi connectivity index (χ4n) is 6.40. The average Bonchev–Trinajstić information content (AvgIpc) is 3.11. The molecule has 1 fully saturated rings. The molecule has 52 heavy (non-hydrogen) atoms. The molecule has 7 N–H and O–H groups in total. The van der Waals surface area contributed by atoms with Crippen molar-refractivity contribution in [2.75, 3.05) is 13.2 Å². The molecule has 8 atom stereocenters. The molecule has 1 amide bonds. The lowest BCUT2D eigenvalue weighted by Gasteiger charge is -2.41. The number of carbonyl (C=O) groups excluding carboxylic acids is 1. The maximum absolute atomic E-state index is 12.9. The minimum Gasteiger partial charge on any atom is -0.394 e. The third-order valence-corrected chi connectivity index (χ3v) is 10.1. The van der Waals surface area contributed by atoms with Crippen molar-refractivity contribution in [3.8, 4) is 0 Å². The Balaban J connectivity index is 2.37. The molecular weight excluding hydrogens is 694 g/mol. The number of carbonyl (C=O) groups is 1. The second kappa shape index (κ2) is 30.1. The number of unbranched alkanes of at least 4 members (excludes halogenated alkanes) is 18. The Kier molecular flexibility index (Phi) is 28.2. The molecule has 0 bridgehead atoms. The number of aliphatic hydroxyl groups is 5. The average molecular weight is 768 g/mol. The Morgan fingerprint density at radius 3 is 1.75 bits per heavy atom. The molecule has 0 saturated carbocycles. The van der Waals surface area contributed by atoms with Crippen LogP contribution in [0.1, 0.15) is 162 Å². The van der Waals surface area contributed by atoms with Gasteiger partial charge in [-0.2, -0.15) is 8.42 Å². The van der Waals surface area contributed by atoms with Crippen molar-refractivity contribution in [3.63, 3.8) is 0 Å². The molecule has 0 aromatic carbocycles. The van der Waals surface area contributed by atoms with Crippen LogP contribution in [0.2, 0.25) is 0 Å². The van der Waals surface area contributed by atoms with E-state index in [1.807, 2.05) is 6.92 Å². The summed E-state index contributed by atoms with van der Waals surface area (Å²) in [5, 5.41) is 54.4. The number of amides is 1. The number of ether oxygens (including phenoxy) is 2. The minimum absolute atomic E-state index is 0.252. The SMILES string of the molecule is CCCCCCCCCCCC/C=C\CCCCCCCCC(O)C(=O)NC(COC1OC(CO)C(O)C(OS(=O)(=O)O)C1O)C(O)CCCCC. The van der Waals surface area contributed by atoms with E-state index in [9.17, 15) is 38.7 Å². The standard InChI is InChI=1S/C38H73NO12S/c1-3-5-7-8-9-10-11-12-13-14-15-16-17-18-19-20-21-22-23-25-27-32(42)37(45)39-30(31(41)26-24-6-4-2)29-49-38-35(44)36(51-52(46,47)48)34(43)33(28-40)50-38/h16-17,30-36,38,40-44H,3-15,18-29H2,1-2H3,(H,39,45)(H,46,47,48)/b17-16-. The van der Waals surface area contributed by atoms with Crippen LogP contribution in [0.15, 0.2) is 12.2 Å². The van der Waals surface area contributed by atoms with Gasteiger partial charge in [-0.25, -0.2) is 4.18 Å². The molecule has 1 aliphatic rings. The van der Waals surface area contributed by atoms with Gasteiger partial charge >= 0.3 is 10.4 Å². The van der Waals surface area contributed by atoms with E-state index < -0.39 is 78.5 Å². The largest absolute Gasteiger partial charge is 0.397 e. The highest BCUT2D eigenvalue weighted by Gasteiger charge is 2.48. The van der Waals surface area contributed by atoms with Gasteiger partial charge in [0.2, 0.25) is 5.91 Å². The molecule has 1 heterocycles. The summed E-state index contributed by atoms with van der Waals surface area (Å²) in [7, 11) is -5.09. The maximum Gasteiger partial charge on any atom is 0.397 e. The lowest BCUT2D eigenvalue weighted by atomic mass is 9.99. The predicted octanol–water partition coefficient (Wildman–Crippen LogP) is 5.40. The van der Waals surface area contributed by atoms with Gasteiger partial charge in [-0.15, -0.1) is 0 Å². The highest BCUT2D eigenvalue weighted by molar-refractivity contribution is 7.80. The van der Waals surface area contributed by atoms with Gasteiger partial charge in [-0.05, 0) is 38.5 Å². The van der Waals surface area contributed by atoms with Gasteiger partial charge in [0, 0.05) is 0 Å². The van der Waals surface area contributed by atoms with Crippen molar-refractivity contribution in [1.29, 1.82) is 0 Å². The summed E-state index contributed by atoms with van der Waals surface area (Å²) in [6.07, 6.45) is 18.3. The van der Waals surface area contributed by atoms with Gasteiger partial charge < -0.3 is 40.3 Å². The first kappa shape index (κ1) is 48.8. The van der Waals surface area contributed by atoms with Gasteiger partial charge in [0.25, 0.3) is 0 Å². The molecule has 0 spiro atoms. The second-order valence-electron chi connectivity index (χ2n) is 14.4. The third-order valence-electron chi connectivity index (χ3n) is 9.68. The Labute approximate surface area is 313 Å². The molecule has 13 nitrogen and oxygen atoms in total.